The Hall–Kier alpha value is -2.72. The summed E-state index contributed by atoms with van der Waals surface area (Å²) in [7, 11) is 0. The van der Waals surface area contributed by atoms with Crippen molar-refractivity contribution in [1.82, 2.24) is 14.9 Å². The number of nitrogens with zero attached hydrogens (tertiary/aromatic N) is 3. The molecule has 1 amide bonds. The summed E-state index contributed by atoms with van der Waals surface area (Å²) in [5, 5.41) is 0.637. The molecule has 2 aromatic carbocycles. The molecule has 0 N–H and O–H groups in total. The number of halogens is 1. The van der Waals surface area contributed by atoms with Gasteiger partial charge in [-0.15, -0.1) is 0 Å². The van der Waals surface area contributed by atoms with Gasteiger partial charge in [-0.2, -0.15) is 0 Å². The summed E-state index contributed by atoms with van der Waals surface area (Å²) < 4.78 is 0. The Bertz CT molecular complexity index is 928. The maximum absolute atomic E-state index is 12.8. The van der Waals surface area contributed by atoms with Gasteiger partial charge in [-0.1, -0.05) is 41.9 Å². The molecule has 0 spiro atoms. The topological polar surface area (TPSA) is 46.1 Å². The van der Waals surface area contributed by atoms with Crippen LogP contribution >= 0.6 is 11.6 Å². The van der Waals surface area contributed by atoms with Gasteiger partial charge in [0.15, 0.2) is 5.82 Å². The SMILES string of the molecule is O=C(c1ccc(Cl)cc1)N1CCC[C@H](c2ccnc(-c3ccccc3)n2)C1. The number of hydrogen-bond donors (Lipinski definition) is 0. The summed E-state index contributed by atoms with van der Waals surface area (Å²) in [6.07, 6.45) is 3.80. The van der Waals surface area contributed by atoms with Crippen LogP contribution in [-0.2, 0) is 0 Å². The second-order valence-corrected chi connectivity index (χ2v) is 7.20. The second kappa shape index (κ2) is 7.89. The molecule has 0 saturated carbocycles. The molecule has 1 aliphatic rings. The van der Waals surface area contributed by atoms with Crippen molar-refractivity contribution in [3.8, 4) is 11.4 Å². The normalized spacial score (nSPS) is 16.9. The first kappa shape index (κ1) is 17.7. The second-order valence-electron chi connectivity index (χ2n) is 6.77. The van der Waals surface area contributed by atoms with Crippen LogP contribution in [0, 0.1) is 0 Å². The quantitative estimate of drug-likeness (QED) is 0.657. The van der Waals surface area contributed by atoms with E-state index in [1.807, 2.05) is 47.5 Å². The van der Waals surface area contributed by atoms with Crippen molar-refractivity contribution in [3.05, 3.63) is 83.1 Å². The number of aromatic nitrogens is 2. The third kappa shape index (κ3) is 4.01. The average Bonchev–Trinajstić information content (AvgIpc) is 2.75. The summed E-state index contributed by atoms with van der Waals surface area (Å²) in [6.45, 7) is 1.45. The van der Waals surface area contributed by atoms with E-state index < -0.39 is 0 Å². The lowest BCUT2D eigenvalue weighted by Crippen LogP contribution is -2.39. The molecule has 4 rings (SSSR count). The third-order valence-corrected chi connectivity index (χ3v) is 5.18. The number of benzene rings is 2. The van der Waals surface area contributed by atoms with Gasteiger partial charge < -0.3 is 4.90 Å². The van der Waals surface area contributed by atoms with E-state index in [9.17, 15) is 4.79 Å². The maximum atomic E-state index is 12.8. The number of amides is 1. The fraction of sp³-hybridized carbons (Fsp3) is 0.227. The van der Waals surface area contributed by atoms with Crippen LogP contribution in [0.4, 0.5) is 0 Å². The molecule has 1 atom stereocenters. The van der Waals surface area contributed by atoms with E-state index in [4.69, 9.17) is 16.6 Å². The largest absolute Gasteiger partial charge is 0.338 e. The molecule has 0 aliphatic carbocycles. The Kier molecular flexibility index (Phi) is 5.16. The summed E-state index contributed by atoms with van der Waals surface area (Å²) >= 11 is 5.93. The van der Waals surface area contributed by atoms with Gasteiger partial charge in [0.1, 0.15) is 0 Å². The highest BCUT2D eigenvalue weighted by atomic mass is 35.5. The maximum Gasteiger partial charge on any atom is 0.253 e. The van der Waals surface area contributed by atoms with E-state index in [0.717, 1.165) is 36.5 Å². The van der Waals surface area contributed by atoms with Crippen molar-refractivity contribution in [2.24, 2.45) is 0 Å². The van der Waals surface area contributed by atoms with Gasteiger partial charge in [-0.25, -0.2) is 9.97 Å². The highest BCUT2D eigenvalue weighted by Gasteiger charge is 2.26. The van der Waals surface area contributed by atoms with Gasteiger partial charge in [-0.05, 0) is 43.2 Å². The Morgan fingerprint density at radius 1 is 1.04 bits per heavy atom. The van der Waals surface area contributed by atoms with Gasteiger partial charge in [0, 0.05) is 47.0 Å². The molecule has 136 valence electrons. The van der Waals surface area contributed by atoms with Crippen LogP contribution in [0.15, 0.2) is 66.9 Å². The standard InChI is InChI=1S/C22H20ClN3O/c23-19-10-8-17(9-11-19)22(27)26-14-4-7-18(15-26)20-12-13-24-21(25-20)16-5-2-1-3-6-16/h1-3,5-6,8-13,18H,4,7,14-15H2/t18-/m0/s1. The van der Waals surface area contributed by atoms with E-state index >= 15 is 0 Å². The van der Waals surface area contributed by atoms with Crippen molar-refractivity contribution < 1.29 is 4.79 Å². The van der Waals surface area contributed by atoms with E-state index in [1.165, 1.54) is 0 Å². The van der Waals surface area contributed by atoms with Crippen molar-refractivity contribution in [1.29, 1.82) is 0 Å². The fourth-order valence-electron chi connectivity index (χ4n) is 3.50. The number of piperidine rings is 1. The van der Waals surface area contributed by atoms with Crippen LogP contribution in [0.2, 0.25) is 5.02 Å². The van der Waals surface area contributed by atoms with E-state index in [-0.39, 0.29) is 11.8 Å². The molecule has 2 heterocycles. The summed E-state index contributed by atoms with van der Waals surface area (Å²) in [4.78, 5) is 23.9. The minimum Gasteiger partial charge on any atom is -0.338 e. The first-order valence-corrected chi connectivity index (χ1v) is 9.52. The molecule has 0 bridgehead atoms. The van der Waals surface area contributed by atoms with Crippen LogP contribution < -0.4 is 0 Å². The predicted octanol–water partition coefficient (Wildman–Crippen LogP) is 4.82. The minimum atomic E-state index is 0.0497. The van der Waals surface area contributed by atoms with Gasteiger partial charge in [-0.3, -0.25) is 4.79 Å². The number of hydrogen-bond acceptors (Lipinski definition) is 3. The lowest BCUT2D eigenvalue weighted by atomic mass is 9.94. The summed E-state index contributed by atoms with van der Waals surface area (Å²) in [6, 6.07) is 19.0. The van der Waals surface area contributed by atoms with Crippen molar-refractivity contribution >= 4 is 17.5 Å². The van der Waals surface area contributed by atoms with Crippen LogP contribution in [0.25, 0.3) is 11.4 Å². The molecule has 4 nitrogen and oxygen atoms in total. The van der Waals surface area contributed by atoms with E-state index in [0.29, 0.717) is 17.1 Å². The lowest BCUT2D eigenvalue weighted by Gasteiger charge is -2.32. The number of carbonyl (C=O) groups excluding carboxylic acids is 1. The molecular formula is C22H20ClN3O. The molecule has 0 radical (unpaired) electrons. The van der Waals surface area contributed by atoms with Crippen LogP contribution in [0.1, 0.15) is 34.8 Å². The zero-order valence-corrected chi connectivity index (χ0v) is 15.6. The Morgan fingerprint density at radius 3 is 2.59 bits per heavy atom. The molecule has 1 fully saturated rings. The monoisotopic (exact) mass is 377 g/mol. The van der Waals surface area contributed by atoms with Gasteiger partial charge in [0.05, 0.1) is 0 Å². The fourth-order valence-corrected chi connectivity index (χ4v) is 3.63. The molecular weight excluding hydrogens is 358 g/mol. The van der Waals surface area contributed by atoms with Gasteiger partial charge in [0.2, 0.25) is 0 Å². The van der Waals surface area contributed by atoms with Gasteiger partial charge in [0.25, 0.3) is 5.91 Å². The Balaban J connectivity index is 1.53. The first-order chi connectivity index (χ1) is 13.2. The highest BCUT2D eigenvalue weighted by Crippen LogP contribution is 2.28. The zero-order chi connectivity index (χ0) is 18.6. The number of carbonyl (C=O) groups is 1. The molecule has 3 aromatic rings. The summed E-state index contributed by atoms with van der Waals surface area (Å²) in [5.41, 5.74) is 2.68. The molecule has 1 aliphatic heterocycles. The smallest absolute Gasteiger partial charge is 0.253 e. The third-order valence-electron chi connectivity index (χ3n) is 4.93. The van der Waals surface area contributed by atoms with Crippen molar-refractivity contribution in [2.45, 2.75) is 18.8 Å². The number of rotatable bonds is 3. The first-order valence-electron chi connectivity index (χ1n) is 9.14. The zero-order valence-electron chi connectivity index (χ0n) is 14.9. The average molecular weight is 378 g/mol. The Labute approximate surface area is 163 Å². The minimum absolute atomic E-state index is 0.0497. The molecule has 1 saturated heterocycles. The van der Waals surface area contributed by atoms with E-state index in [1.54, 1.807) is 24.3 Å². The van der Waals surface area contributed by atoms with Crippen LogP contribution in [-0.4, -0.2) is 33.9 Å². The molecule has 0 unspecified atom stereocenters. The van der Waals surface area contributed by atoms with Crippen molar-refractivity contribution in [3.63, 3.8) is 0 Å². The Morgan fingerprint density at radius 2 is 1.81 bits per heavy atom. The molecule has 27 heavy (non-hydrogen) atoms. The summed E-state index contributed by atoms with van der Waals surface area (Å²) in [5.74, 6) is 1.00. The predicted molar refractivity (Wildman–Crippen MR) is 107 cm³/mol. The van der Waals surface area contributed by atoms with Crippen LogP contribution in [0.3, 0.4) is 0 Å². The van der Waals surface area contributed by atoms with Crippen molar-refractivity contribution in [2.75, 3.05) is 13.1 Å². The van der Waals surface area contributed by atoms with Crippen LogP contribution in [0.5, 0.6) is 0 Å². The number of likely N-dealkylation sites (tertiary alicyclic amines) is 1. The van der Waals surface area contributed by atoms with E-state index in [2.05, 4.69) is 4.98 Å². The lowest BCUT2D eigenvalue weighted by molar-refractivity contribution is 0.0706. The molecule has 1 aromatic heterocycles. The highest BCUT2D eigenvalue weighted by molar-refractivity contribution is 6.30. The van der Waals surface area contributed by atoms with Gasteiger partial charge >= 0.3 is 0 Å². The molecule has 5 heteroatoms.